The van der Waals surface area contributed by atoms with Gasteiger partial charge in [0, 0.05) is 6.92 Å². The monoisotopic (exact) mass is 256 g/mol. The molecule has 0 aliphatic rings. The highest BCUT2D eigenvalue weighted by molar-refractivity contribution is 6.30. The molecule has 0 unspecified atom stereocenters. The van der Waals surface area contributed by atoms with Crippen LogP contribution in [0.4, 0.5) is 0 Å². The lowest BCUT2D eigenvalue weighted by Gasteiger charge is -2.05. The SMILES string of the molecule is COc1c(Cl)ncn(Cc2nnc(C)o2)c1=O. The second kappa shape index (κ2) is 4.54. The fraction of sp³-hybridized carbons (Fsp3) is 0.333. The Hall–Kier alpha value is -1.89. The zero-order chi connectivity index (χ0) is 12.4. The summed E-state index contributed by atoms with van der Waals surface area (Å²) in [5.41, 5.74) is -0.400. The number of aromatic nitrogens is 4. The van der Waals surface area contributed by atoms with Crippen molar-refractivity contribution in [1.82, 2.24) is 19.7 Å². The molecule has 0 aromatic carbocycles. The summed E-state index contributed by atoms with van der Waals surface area (Å²) in [6, 6.07) is 0. The molecule has 8 heteroatoms. The van der Waals surface area contributed by atoms with Crippen LogP contribution in [0.25, 0.3) is 0 Å². The van der Waals surface area contributed by atoms with Gasteiger partial charge in [-0.15, -0.1) is 10.2 Å². The van der Waals surface area contributed by atoms with Crippen molar-refractivity contribution in [2.75, 3.05) is 7.11 Å². The highest BCUT2D eigenvalue weighted by Crippen LogP contribution is 2.15. The molecule has 0 fully saturated rings. The fourth-order valence-corrected chi connectivity index (χ4v) is 1.48. The van der Waals surface area contributed by atoms with Gasteiger partial charge in [0.25, 0.3) is 5.56 Å². The second-order valence-electron chi connectivity index (χ2n) is 3.22. The minimum Gasteiger partial charge on any atom is -0.489 e. The number of aryl methyl sites for hydroxylation is 1. The molecule has 0 radical (unpaired) electrons. The number of nitrogens with zero attached hydrogens (tertiary/aromatic N) is 4. The largest absolute Gasteiger partial charge is 0.489 e. The number of halogens is 1. The molecule has 2 aromatic rings. The second-order valence-corrected chi connectivity index (χ2v) is 3.57. The summed E-state index contributed by atoms with van der Waals surface area (Å²) in [5, 5.41) is 7.47. The molecule has 2 rings (SSSR count). The summed E-state index contributed by atoms with van der Waals surface area (Å²) < 4.78 is 11.3. The maximum absolute atomic E-state index is 11.9. The van der Waals surface area contributed by atoms with Crippen molar-refractivity contribution in [3.63, 3.8) is 0 Å². The zero-order valence-electron chi connectivity index (χ0n) is 9.18. The van der Waals surface area contributed by atoms with E-state index in [1.165, 1.54) is 18.0 Å². The lowest BCUT2D eigenvalue weighted by Crippen LogP contribution is -2.22. The molecule has 0 saturated heterocycles. The quantitative estimate of drug-likeness (QED) is 0.750. The average molecular weight is 257 g/mol. The van der Waals surface area contributed by atoms with Crippen molar-refractivity contribution in [2.24, 2.45) is 0 Å². The lowest BCUT2D eigenvalue weighted by atomic mass is 10.5. The Balaban J connectivity index is 2.37. The Kier molecular flexibility index (Phi) is 3.10. The van der Waals surface area contributed by atoms with Crippen molar-refractivity contribution in [1.29, 1.82) is 0 Å². The van der Waals surface area contributed by atoms with Crippen LogP contribution in [-0.4, -0.2) is 26.9 Å². The van der Waals surface area contributed by atoms with Gasteiger partial charge in [-0.2, -0.15) is 0 Å². The molecule has 0 spiro atoms. The summed E-state index contributed by atoms with van der Waals surface area (Å²) in [6.07, 6.45) is 1.30. The van der Waals surface area contributed by atoms with E-state index in [2.05, 4.69) is 15.2 Å². The predicted octanol–water partition coefficient (Wildman–Crippen LogP) is 0.645. The minimum absolute atomic E-state index is 0.00889. The molecule has 0 aliphatic heterocycles. The van der Waals surface area contributed by atoms with Crippen molar-refractivity contribution in [3.8, 4) is 5.75 Å². The van der Waals surface area contributed by atoms with Gasteiger partial charge in [-0.3, -0.25) is 9.36 Å². The van der Waals surface area contributed by atoms with E-state index in [1.807, 2.05) is 0 Å². The number of methoxy groups -OCH3 is 1. The third-order valence-electron chi connectivity index (χ3n) is 2.03. The van der Waals surface area contributed by atoms with Crippen LogP contribution in [0.5, 0.6) is 5.75 Å². The molecule has 0 atom stereocenters. The number of hydrogen-bond acceptors (Lipinski definition) is 6. The number of hydrogen-bond donors (Lipinski definition) is 0. The van der Waals surface area contributed by atoms with Crippen LogP contribution in [-0.2, 0) is 6.54 Å². The smallest absolute Gasteiger partial charge is 0.297 e. The van der Waals surface area contributed by atoms with Crippen LogP contribution in [0, 0.1) is 6.92 Å². The van der Waals surface area contributed by atoms with Crippen LogP contribution in [0.3, 0.4) is 0 Å². The van der Waals surface area contributed by atoms with Gasteiger partial charge < -0.3 is 9.15 Å². The number of ether oxygens (including phenoxy) is 1. The average Bonchev–Trinajstić information content (AvgIpc) is 2.69. The normalized spacial score (nSPS) is 10.5. The maximum atomic E-state index is 11.9. The van der Waals surface area contributed by atoms with Gasteiger partial charge in [-0.25, -0.2) is 4.98 Å². The van der Waals surface area contributed by atoms with E-state index in [4.69, 9.17) is 20.8 Å². The number of rotatable bonds is 3. The van der Waals surface area contributed by atoms with E-state index in [9.17, 15) is 4.79 Å². The van der Waals surface area contributed by atoms with Gasteiger partial charge in [-0.05, 0) is 0 Å². The standard InChI is InChI=1S/C9H9ClN4O3/c1-5-12-13-6(17-5)3-14-4-11-8(10)7(16-2)9(14)15/h4H,3H2,1-2H3. The first kappa shape index (κ1) is 11.6. The summed E-state index contributed by atoms with van der Waals surface area (Å²) in [7, 11) is 1.35. The van der Waals surface area contributed by atoms with E-state index in [0.717, 1.165) is 0 Å². The third-order valence-corrected chi connectivity index (χ3v) is 2.30. The summed E-state index contributed by atoms with van der Waals surface area (Å²) in [4.78, 5) is 15.7. The molecule has 0 aliphatic carbocycles. The highest BCUT2D eigenvalue weighted by Gasteiger charge is 2.12. The van der Waals surface area contributed by atoms with Gasteiger partial charge in [0.1, 0.15) is 6.54 Å². The zero-order valence-corrected chi connectivity index (χ0v) is 9.93. The Bertz CT molecular complexity index is 592. The summed E-state index contributed by atoms with van der Waals surface area (Å²) in [5.74, 6) is 0.739. The summed E-state index contributed by atoms with van der Waals surface area (Å²) >= 11 is 5.71. The van der Waals surface area contributed by atoms with Gasteiger partial charge in [0.15, 0.2) is 5.15 Å². The van der Waals surface area contributed by atoms with Gasteiger partial charge in [0.2, 0.25) is 17.5 Å². The molecule has 0 saturated carbocycles. The van der Waals surface area contributed by atoms with Gasteiger partial charge in [-0.1, -0.05) is 11.6 Å². The van der Waals surface area contributed by atoms with Crippen LogP contribution in [0.2, 0.25) is 5.15 Å². The molecule has 7 nitrogen and oxygen atoms in total. The van der Waals surface area contributed by atoms with Crippen molar-refractivity contribution in [2.45, 2.75) is 13.5 Å². The first-order valence-corrected chi connectivity index (χ1v) is 5.07. The molecule has 2 aromatic heterocycles. The van der Waals surface area contributed by atoms with Crippen LogP contribution in [0.15, 0.2) is 15.5 Å². The van der Waals surface area contributed by atoms with E-state index in [-0.39, 0.29) is 17.4 Å². The first-order chi connectivity index (χ1) is 8.11. The first-order valence-electron chi connectivity index (χ1n) is 4.69. The van der Waals surface area contributed by atoms with Crippen LogP contribution in [0.1, 0.15) is 11.8 Å². The fourth-order valence-electron chi connectivity index (χ4n) is 1.28. The Morgan fingerprint density at radius 2 is 2.29 bits per heavy atom. The van der Waals surface area contributed by atoms with E-state index in [0.29, 0.717) is 11.8 Å². The Morgan fingerprint density at radius 1 is 1.53 bits per heavy atom. The Morgan fingerprint density at radius 3 is 2.88 bits per heavy atom. The Labute approximate surface area is 101 Å². The van der Waals surface area contributed by atoms with E-state index < -0.39 is 5.56 Å². The topological polar surface area (TPSA) is 83.0 Å². The van der Waals surface area contributed by atoms with Gasteiger partial charge >= 0.3 is 0 Å². The third kappa shape index (κ3) is 2.28. The summed E-state index contributed by atoms with van der Waals surface area (Å²) in [6.45, 7) is 1.79. The lowest BCUT2D eigenvalue weighted by molar-refractivity contribution is 0.396. The molecule has 0 N–H and O–H groups in total. The highest BCUT2D eigenvalue weighted by atomic mass is 35.5. The minimum atomic E-state index is -0.400. The van der Waals surface area contributed by atoms with Crippen molar-refractivity contribution in [3.05, 3.63) is 33.6 Å². The van der Waals surface area contributed by atoms with E-state index in [1.54, 1.807) is 6.92 Å². The van der Waals surface area contributed by atoms with E-state index >= 15 is 0 Å². The molecule has 90 valence electrons. The molecule has 2 heterocycles. The molecule has 0 amide bonds. The molecule has 17 heavy (non-hydrogen) atoms. The maximum Gasteiger partial charge on any atom is 0.297 e. The molecular weight excluding hydrogens is 248 g/mol. The van der Waals surface area contributed by atoms with Crippen LogP contribution >= 0.6 is 11.6 Å². The van der Waals surface area contributed by atoms with Crippen molar-refractivity contribution < 1.29 is 9.15 Å². The van der Waals surface area contributed by atoms with Crippen molar-refractivity contribution >= 4 is 11.6 Å². The molecular formula is C9H9ClN4O3. The van der Waals surface area contributed by atoms with Gasteiger partial charge in [0.05, 0.1) is 13.4 Å². The van der Waals surface area contributed by atoms with Crippen LogP contribution < -0.4 is 10.3 Å². The predicted molar refractivity (Wildman–Crippen MR) is 58.2 cm³/mol. The molecule has 0 bridgehead atoms.